The summed E-state index contributed by atoms with van der Waals surface area (Å²) in [6.07, 6.45) is 6.45. The van der Waals surface area contributed by atoms with Crippen LogP contribution in [0.25, 0.3) is 21.9 Å². The van der Waals surface area contributed by atoms with Gasteiger partial charge in [-0.2, -0.15) is 0 Å². The number of benzene rings is 1. The van der Waals surface area contributed by atoms with Crippen molar-refractivity contribution >= 4 is 27.8 Å². The minimum Gasteiger partial charge on any atom is -0.480 e. The Kier molecular flexibility index (Phi) is 4.94. The summed E-state index contributed by atoms with van der Waals surface area (Å²) in [6.45, 7) is 0. The van der Waals surface area contributed by atoms with Gasteiger partial charge in [0.25, 0.3) is 0 Å². The molecular formula is C23H24FN5O2. The minimum atomic E-state index is -0.494. The average Bonchev–Trinajstić information content (AvgIpc) is 3.36. The number of halogens is 1. The molecule has 2 unspecified atom stereocenters. The lowest BCUT2D eigenvalue weighted by Gasteiger charge is -2.17. The second kappa shape index (κ2) is 7.77. The number of nitrogen functional groups attached to an aromatic ring is 1. The summed E-state index contributed by atoms with van der Waals surface area (Å²) in [7, 11) is 1.59. The van der Waals surface area contributed by atoms with Crippen LogP contribution in [-0.4, -0.2) is 37.8 Å². The SMILES string of the molecule is COc1ncnc2c1ccn2C1CC(CCc2ccc3cc(F)c(N)nc3c2)C[C@H]1O. The number of anilines is 1. The van der Waals surface area contributed by atoms with Gasteiger partial charge in [-0.3, -0.25) is 0 Å². The van der Waals surface area contributed by atoms with Crippen molar-refractivity contribution in [2.75, 3.05) is 12.8 Å². The van der Waals surface area contributed by atoms with Crippen molar-refractivity contribution in [2.24, 2.45) is 5.92 Å². The number of fused-ring (bicyclic) bond motifs is 2. The first-order chi connectivity index (χ1) is 15.0. The Hall–Kier alpha value is -3.26. The van der Waals surface area contributed by atoms with Gasteiger partial charge in [0.1, 0.15) is 12.0 Å². The third-order valence-electron chi connectivity index (χ3n) is 6.32. The van der Waals surface area contributed by atoms with Crippen molar-refractivity contribution in [3.8, 4) is 5.88 Å². The van der Waals surface area contributed by atoms with Gasteiger partial charge in [-0.25, -0.2) is 19.3 Å². The molecule has 1 aliphatic carbocycles. The molecule has 7 nitrogen and oxygen atoms in total. The minimum absolute atomic E-state index is 0.0249. The number of nitrogens with two attached hydrogens (primary N) is 1. The molecule has 1 fully saturated rings. The smallest absolute Gasteiger partial charge is 0.225 e. The summed E-state index contributed by atoms with van der Waals surface area (Å²) >= 11 is 0. The lowest BCUT2D eigenvalue weighted by molar-refractivity contribution is 0.136. The number of pyridine rings is 1. The molecular weight excluding hydrogens is 397 g/mol. The molecule has 0 amide bonds. The second-order valence-electron chi connectivity index (χ2n) is 8.24. The molecule has 0 aliphatic heterocycles. The van der Waals surface area contributed by atoms with E-state index in [2.05, 4.69) is 15.0 Å². The maximum absolute atomic E-state index is 13.6. The number of aliphatic hydroxyl groups is 1. The molecule has 4 aromatic rings. The van der Waals surface area contributed by atoms with E-state index in [4.69, 9.17) is 10.5 Å². The monoisotopic (exact) mass is 421 g/mol. The number of hydrogen-bond acceptors (Lipinski definition) is 6. The molecule has 8 heteroatoms. The first kappa shape index (κ1) is 19.7. The molecule has 0 saturated heterocycles. The van der Waals surface area contributed by atoms with E-state index in [9.17, 15) is 9.50 Å². The molecule has 1 aromatic carbocycles. The molecule has 3 aromatic heterocycles. The molecule has 3 N–H and O–H groups in total. The highest BCUT2D eigenvalue weighted by Gasteiger charge is 2.34. The lowest BCUT2D eigenvalue weighted by Crippen LogP contribution is -2.17. The predicted octanol–water partition coefficient (Wildman–Crippen LogP) is 3.65. The summed E-state index contributed by atoms with van der Waals surface area (Å²) in [5.41, 5.74) is 8.22. The van der Waals surface area contributed by atoms with Gasteiger partial charge in [0.05, 0.1) is 30.2 Å². The van der Waals surface area contributed by atoms with E-state index in [1.807, 2.05) is 35.0 Å². The van der Waals surface area contributed by atoms with Gasteiger partial charge in [0, 0.05) is 11.6 Å². The molecule has 160 valence electrons. The van der Waals surface area contributed by atoms with Crippen LogP contribution in [-0.2, 0) is 6.42 Å². The predicted molar refractivity (Wildman–Crippen MR) is 116 cm³/mol. The summed E-state index contributed by atoms with van der Waals surface area (Å²) in [6, 6.07) is 9.18. The number of rotatable bonds is 5. The highest BCUT2D eigenvalue weighted by molar-refractivity contribution is 5.82. The van der Waals surface area contributed by atoms with Gasteiger partial charge < -0.3 is 20.1 Å². The van der Waals surface area contributed by atoms with E-state index in [-0.39, 0.29) is 11.9 Å². The van der Waals surface area contributed by atoms with Crippen molar-refractivity contribution in [3.05, 3.63) is 54.2 Å². The van der Waals surface area contributed by atoms with Crippen LogP contribution >= 0.6 is 0 Å². The van der Waals surface area contributed by atoms with Crippen molar-refractivity contribution in [1.29, 1.82) is 0 Å². The molecule has 0 spiro atoms. The molecule has 31 heavy (non-hydrogen) atoms. The molecule has 1 aliphatic rings. The first-order valence-corrected chi connectivity index (χ1v) is 10.4. The number of hydrogen-bond donors (Lipinski definition) is 2. The molecule has 3 heterocycles. The summed E-state index contributed by atoms with van der Waals surface area (Å²) < 4.78 is 21.0. The fraction of sp³-hybridized carbons (Fsp3) is 0.348. The molecule has 0 bridgehead atoms. The zero-order chi connectivity index (χ0) is 21.5. The van der Waals surface area contributed by atoms with Crippen LogP contribution in [0.15, 0.2) is 42.9 Å². The third kappa shape index (κ3) is 3.57. The van der Waals surface area contributed by atoms with Gasteiger partial charge in [-0.1, -0.05) is 12.1 Å². The van der Waals surface area contributed by atoms with Crippen LogP contribution in [0.4, 0.5) is 10.2 Å². The van der Waals surface area contributed by atoms with Crippen LogP contribution in [0.3, 0.4) is 0 Å². The van der Waals surface area contributed by atoms with Crippen molar-refractivity contribution in [1.82, 2.24) is 19.5 Å². The maximum Gasteiger partial charge on any atom is 0.225 e. The fourth-order valence-electron chi connectivity index (χ4n) is 4.73. The second-order valence-corrected chi connectivity index (χ2v) is 8.24. The quantitative estimate of drug-likeness (QED) is 0.510. The molecule has 0 radical (unpaired) electrons. The standard InChI is InChI=1S/C23H24FN5O2/c1-31-23-16-6-7-29(22(16)26-12-27-23)19-9-14(10-20(19)30)3-2-13-4-5-15-11-17(24)21(25)28-18(15)8-13/h4-8,11-12,14,19-20,30H,2-3,9-10H2,1H3,(H2,25,28)/t14?,19?,20-/m1/s1. The van der Waals surface area contributed by atoms with Gasteiger partial charge in [0.15, 0.2) is 11.6 Å². The van der Waals surface area contributed by atoms with Crippen LogP contribution in [0.5, 0.6) is 5.88 Å². The molecule has 3 atom stereocenters. The van der Waals surface area contributed by atoms with Crippen LogP contribution in [0.1, 0.15) is 30.9 Å². The third-order valence-corrected chi connectivity index (χ3v) is 6.32. The Labute approximate surface area is 178 Å². The number of aromatic nitrogens is 4. The van der Waals surface area contributed by atoms with E-state index in [0.717, 1.165) is 47.7 Å². The van der Waals surface area contributed by atoms with E-state index in [1.165, 1.54) is 12.4 Å². The lowest BCUT2D eigenvalue weighted by atomic mass is 9.97. The van der Waals surface area contributed by atoms with Gasteiger partial charge in [-0.15, -0.1) is 0 Å². The highest BCUT2D eigenvalue weighted by Crippen LogP contribution is 2.39. The van der Waals surface area contributed by atoms with Gasteiger partial charge in [0.2, 0.25) is 5.88 Å². The van der Waals surface area contributed by atoms with E-state index in [1.54, 1.807) is 7.11 Å². The van der Waals surface area contributed by atoms with Crippen molar-refractivity contribution in [2.45, 2.75) is 37.8 Å². The fourth-order valence-corrected chi connectivity index (χ4v) is 4.73. The topological polar surface area (TPSA) is 99.1 Å². The Bertz CT molecular complexity index is 1260. The normalized spacial score (nSPS) is 21.2. The van der Waals surface area contributed by atoms with Crippen molar-refractivity contribution in [3.63, 3.8) is 0 Å². The molecule has 5 rings (SSSR count). The Morgan fingerprint density at radius 1 is 1.23 bits per heavy atom. The zero-order valence-electron chi connectivity index (χ0n) is 17.2. The van der Waals surface area contributed by atoms with E-state index >= 15 is 0 Å². The Balaban J connectivity index is 1.30. The summed E-state index contributed by atoms with van der Waals surface area (Å²) in [5.74, 6) is 0.360. The largest absolute Gasteiger partial charge is 0.480 e. The zero-order valence-corrected chi connectivity index (χ0v) is 17.2. The van der Waals surface area contributed by atoms with Gasteiger partial charge >= 0.3 is 0 Å². The van der Waals surface area contributed by atoms with E-state index < -0.39 is 11.9 Å². The molecule has 1 saturated carbocycles. The van der Waals surface area contributed by atoms with Crippen LogP contribution in [0.2, 0.25) is 0 Å². The number of aliphatic hydroxyl groups excluding tert-OH is 1. The van der Waals surface area contributed by atoms with Crippen LogP contribution < -0.4 is 10.5 Å². The number of aryl methyl sites for hydroxylation is 1. The number of nitrogens with zero attached hydrogens (tertiary/aromatic N) is 4. The highest BCUT2D eigenvalue weighted by atomic mass is 19.1. The number of ether oxygens (including phenoxy) is 1. The maximum atomic E-state index is 13.6. The summed E-state index contributed by atoms with van der Waals surface area (Å²) in [5, 5.41) is 12.3. The summed E-state index contributed by atoms with van der Waals surface area (Å²) in [4.78, 5) is 12.7. The van der Waals surface area contributed by atoms with Crippen LogP contribution in [0, 0.1) is 11.7 Å². The Morgan fingerprint density at radius 2 is 2.10 bits per heavy atom. The van der Waals surface area contributed by atoms with Gasteiger partial charge in [-0.05, 0) is 55.4 Å². The van der Waals surface area contributed by atoms with E-state index in [0.29, 0.717) is 17.3 Å². The number of methoxy groups -OCH3 is 1. The average molecular weight is 421 g/mol. The first-order valence-electron chi connectivity index (χ1n) is 10.4. The van der Waals surface area contributed by atoms with Crippen molar-refractivity contribution < 1.29 is 14.2 Å². The Morgan fingerprint density at radius 3 is 2.94 bits per heavy atom.